The van der Waals surface area contributed by atoms with Gasteiger partial charge < -0.3 is 9.47 Å². The summed E-state index contributed by atoms with van der Waals surface area (Å²) in [4.78, 5) is 0. The van der Waals surface area contributed by atoms with Crippen LogP contribution in [0.4, 0.5) is 0 Å². The molecule has 2 heterocycles. The minimum absolute atomic E-state index is 0. The van der Waals surface area contributed by atoms with Crippen molar-refractivity contribution in [1.29, 1.82) is 0 Å². The summed E-state index contributed by atoms with van der Waals surface area (Å²) >= 11 is 0. The number of rotatable bonds is 2. The molecule has 2 fully saturated rings. The highest BCUT2D eigenvalue weighted by Crippen LogP contribution is 2.21. The molecule has 0 aromatic rings. The first-order valence-corrected chi connectivity index (χ1v) is 5.77. The number of hydrogen-bond donors (Lipinski definition) is 1. The predicted molar refractivity (Wildman–Crippen MR) is 62.3 cm³/mol. The average Bonchev–Trinajstić information content (AvgIpc) is 2.23. The molecule has 1 N–H and O–H groups in total. The van der Waals surface area contributed by atoms with Gasteiger partial charge in [-0.2, -0.15) is 0 Å². The highest BCUT2D eigenvalue weighted by molar-refractivity contribution is 5.85. The van der Waals surface area contributed by atoms with E-state index in [9.17, 15) is 0 Å². The zero-order valence-electron chi connectivity index (χ0n) is 9.41. The lowest BCUT2D eigenvalue weighted by atomic mass is 9.95. The zero-order chi connectivity index (χ0) is 9.80. The van der Waals surface area contributed by atoms with Crippen molar-refractivity contribution in [1.82, 2.24) is 5.32 Å². The molecule has 90 valence electrons. The van der Waals surface area contributed by atoms with Gasteiger partial charge in [0.25, 0.3) is 0 Å². The van der Waals surface area contributed by atoms with E-state index >= 15 is 0 Å². The Morgan fingerprint density at radius 1 is 1.27 bits per heavy atom. The van der Waals surface area contributed by atoms with Crippen molar-refractivity contribution >= 4 is 12.4 Å². The van der Waals surface area contributed by atoms with E-state index in [1.165, 1.54) is 12.8 Å². The van der Waals surface area contributed by atoms with Crippen molar-refractivity contribution in [2.45, 2.75) is 32.4 Å². The van der Waals surface area contributed by atoms with Crippen LogP contribution < -0.4 is 5.32 Å². The maximum atomic E-state index is 5.74. The van der Waals surface area contributed by atoms with Gasteiger partial charge in [-0.1, -0.05) is 6.92 Å². The first-order chi connectivity index (χ1) is 6.84. The molecular weight excluding hydrogens is 214 g/mol. The van der Waals surface area contributed by atoms with Gasteiger partial charge in [0.1, 0.15) is 6.23 Å². The lowest BCUT2D eigenvalue weighted by Gasteiger charge is -2.32. The Kier molecular flexibility index (Phi) is 5.90. The summed E-state index contributed by atoms with van der Waals surface area (Å²) in [5.74, 6) is 1.47. The lowest BCUT2D eigenvalue weighted by Crippen LogP contribution is -2.43. The van der Waals surface area contributed by atoms with E-state index in [4.69, 9.17) is 9.47 Å². The quantitative estimate of drug-likeness (QED) is 0.792. The molecule has 0 amide bonds. The molecule has 0 radical (unpaired) electrons. The summed E-state index contributed by atoms with van der Waals surface area (Å²) in [6.45, 7) is 6.12. The summed E-state index contributed by atoms with van der Waals surface area (Å²) in [5, 5.41) is 3.45. The smallest absolute Gasteiger partial charge is 0.108 e. The molecule has 4 heteroatoms. The largest absolute Gasteiger partial charge is 0.381 e. The molecule has 15 heavy (non-hydrogen) atoms. The molecular formula is C11H22ClNO2. The van der Waals surface area contributed by atoms with Crippen molar-refractivity contribution in [3.8, 4) is 0 Å². The molecule has 2 aliphatic rings. The second kappa shape index (κ2) is 6.69. The minimum Gasteiger partial charge on any atom is -0.381 e. The normalized spacial score (nSPS) is 33.4. The number of nitrogens with one attached hydrogen (secondary N) is 1. The topological polar surface area (TPSA) is 30.5 Å². The Morgan fingerprint density at radius 3 is 2.60 bits per heavy atom. The molecule has 0 bridgehead atoms. The van der Waals surface area contributed by atoms with E-state index in [-0.39, 0.29) is 12.4 Å². The summed E-state index contributed by atoms with van der Waals surface area (Å²) in [7, 11) is 0. The van der Waals surface area contributed by atoms with E-state index in [1.807, 2.05) is 0 Å². The van der Waals surface area contributed by atoms with Crippen LogP contribution in [0.25, 0.3) is 0 Å². The second-order valence-electron chi connectivity index (χ2n) is 4.63. The molecule has 2 unspecified atom stereocenters. The molecule has 2 rings (SSSR count). The van der Waals surface area contributed by atoms with Gasteiger partial charge >= 0.3 is 0 Å². The summed E-state index contributed by atoms with van der Waals surface area (Å²) < 4.78 is 11.1. The van der Waals surface area contributed by atoms with Gasteiger partial charge in [0.15, 0.2) is 0 Å². The van der Waals surface area contributed by atoms with E-state index in [0.717, 1.165) is 38.7 Å². The van der Waals surface area contributed by atoms with Gasteiger partial charge in [-0.05, 0) is 31.1 Å². The highest BCUT2D eigenvalue weighted by Gasteiger charge is 2.22. The van der Waals surface area contributed by atoms with Crippen molar-refractivity contribution in [2.24, 2.45) is 11.8 Å². The van der Waals surface area contributed by atoms with Gasteiger partial charge in [-0.3, -0.25) is 5.32 Å². The van der Waals surface area contributed by atoms with Gasteiger partial charge in [0.05, 0.1) is 6.61 Å². The van der Waals surface area contributed by atoms with Crippen LogP contribution in [0.15, 0.2) is 0 Å². The fourth-order valence-corrected chi connectivity index (χ4v) is 2.17. The number of halogens is 1. The van der Waals surface area contributed by atoms with Crippen LogP contribution in [0.2, 0.25) is 0 Å². The zero-order valence-corrected chi connectivity index (χ0v) is 10.2. The van der Waals surface area contributed by atoms with E-state index < -0.39 is 0 Å². The molecule has 2 saturated heterocycles. The van der Waals surface area contributed by atoms with Crippen LogP contribution >= 0.6 is 12.4 Å². The van der Waals surface area contributed by atoms with Crippen LogP contribution in [0.1, 0.15) is 26.2 Å². The third-order valence-electron chi connectivity index (χ3n) is 3.16. The SMILES string of the molecule is CC1CNC(CC2CCOCC2)OC1.Cl. The van der Waals surface area contributed by atoms with Crippen LogP contribution in [0, 0.1) is 11.8 Å². The molecule has 0 spiro atoms. The number of hydrogen-bond acceptors (Lipinski definition) is 3. The Labute approximate surface area is 98.3 Å². The molecule has 0 aromatic heterocycles. The Morgan fingerprint density at radius 2 is 2.00 bits per heavy atom. The minimum atomic E-state index is 0. The van der Waals surface area contributed by atoms with Crippen molar-refractivity contribution in [3.05, 3.63) is 0 Å². The molecule has 0 aromatic carbocycles. The Hall–Kier alpha value is 0.170. The number of ether oxygens (including phenoxy) is 2. The molecule has 0 aliphatic carbocycles. The van der Waals surface area contributed by atoms with Gasteiger partial charge in [0.2, 0.25) is 0 Å². The average molecular weight is 236 g/mol. The predicted octanol–water partition coefficient (Wildman–Crippen LogP) is 1.81. The molecule has 3 nitrogen and oxygen atoms in total. The highest BCUT2D eigenvalue weighted by atomic mass is 35.5. The third-order valence-corrected chi connectivity index (χ3v) is 3.16. The van der Waals surface area contributed by atoms with E-state index in [1.54, 1.807) is 0 Å². The van der Waals surface area contributed by atoms with Crippen LogP contribution in [0.5, 0.6) is 0 Å². The lowest BCUT2D eigenvalue weighted by molar-refractivity contribution is -0.0461. The first kappa shape index (κ1) is 13.2. The van der Waals surface area contributed by atoms with Crippen molar-refractivity contribution < 1.29 is 9.47 Å². The van der Waals surface area contributed by atoms with Gasteiger partial charge in [-0.15, -0.1) is 12.4 Å². The standard InChI is InChI=1S/C11H21NO2.ClH/c1-9-7-12-11(14-8-9)6-10-2-4-13-5-3-10;/h9-12H,2-8H2,1H3;1H. The van der Waals surface area contributed by atoms with Gasteiger partial charge in [0, 0.05) is 19.8 Å². The van der Waals surface area contributed by atoms with Crippen LogP contribution in [-0.2, 0) is 9.47 Å². The second-order valence-corrected chi connectivity index (χ2v) is 4.63. The Balaban J connectivity index is 0.00000112. The molecule has 2 atom stereocenters. The van der Waals surface area contributed by atoms with E-state index in [2.05, 4.69) is 12.2 Å². The van der Waals surface area contributed by atoms with Crippen LogP contribution in [-0.4, -0.2) is 32.6 Å². The van der Waals surface area contributed by atoms with Gasteiger partial charge in [-0.25, -0.2) is 0 Å². The van der Waals surface area contributed by atoms with Crippen LogP contribution in [0.3, 0.4) is 0 Å². The molecule has 0 saturated carbocycles. The summed E-state index contributed by atoms with van der Waals surface area (Å²) in [6.07, 6.45) is 3.87. The van der Waals surface area contributed by atoms with E-state index in [0.29, 0.717) is 12.1 Å². The fourth-order valence-electron chi connectivity index (χ4n) is 2.17. The third kappa shape index (κ3) is 4.27. The monoisotopic (exact) mass is 235 g/mol. The first-order valence-electron chi connectivity index (χ1n) is 5.77. The molecule has 2 aliphatic heterocycles. The summed E-state index contributed by atoms with van der Waals surface area (Å²) in [5.41, 5.74) is 0. The van der Waals surface area contributed by atoms with Crippen molar-refractivity contribution in [2.75, 3.05) is 26.4 Å². The summed E-state index contributed by atoms with van der Waals surface area (Å²) in [6, 6.07) is 0. The fraction of sp³-hybridized carbons (Fsp3) is 1.00. The van der Waals surface area contributed by atoms with Crippen molar-refractivity contribution in [3.63, 3.8) is 0 Å². The maximum absolute atomic E-state index is 5.74. The maximum Gasteiger partial charge on any atom is 0.108 e. The Bertz CT molecular complexity index is 166.